The van der Waals surface area contributed by atoms with E-state index < -0.39 is 0 Å². The van der Waals surface area contributed by atoms with Gasteiger partial charge in [0.15, 0.2) is 0 Å². The van der Waals surface area contributed by atoms with Crippen LogP contribution in [0.3, 0.4) is 0 Å². The minimum atomic E-state index is 0.785. The van der Waals surface area contributed by atoms with E-state index in [1.54, 1.807) is 11.8 Å². The molecular formula is C13H9NS2. The number of rotatable bonds is 0. The third-order valence-electron chi connectivity index (χ3n) is 2.44. The van der Waals surface area contributed by atoms with E-state index in [0.717, 1.165) is 16.3 Å². The average molecular weight is 243 g/mol. The summed E-state index contributed by atoms with van der Waals surface area (Å²) in [5.41, 5.74) is 2.10. The molecule has 0 N–H and O–H groups in total. The van der Waals surface area contributed by atoms with Crippen molar-refractivity contribution in [1.29, 1.82) is 0 Å². The summed E-state index contributed by atoms with van der Waals surface area (Å²) in [7, 11) is 0. The van der Waals surface area contributed by atoms with Gasteiger partial charge in [-0.05, 0) is 18.2 Å². The van der Waals surface area contributed by atoms with Crippen molar-refractivity contribution in [3.63, 3.8) is 0 Å². The van der Waals surface area contributed by atoms with Crippen molar-refractivity contribution in [3.8, 4) is 0 Å². The topological polar surface area (TPSA) is 12.4 Å². The van der Waals surface area contributed by atoms with Crippen LogP contribution < -0.4 is 0 Å². The molecule has 0 radical (unpaired) electrons. The zero-order chi connectivity index (χ0) is 11.0. The van der Waals surface area contributed by atoms with Crippen molar-refractivity contribution in [2.24, 2.45) is 4.99 Å². The first-order chi connectivity index (χ1) is 7.84. The Labute approximate surface area is 104 Å². The van der Waals surface area contributed by atoms with Crippen molar-refractivity contribution in [1.82, 2.24) is 0 Å². The molecule has 0 aromatic heterocycles. The molecule has 2 aromatic rings. The van der Waals surface area contributed by atoms with Gasteiger partial charge in [-0.15, -0.1) is 12.6 Å². The molecule has 1 heterocycles. The Bertz CT molecular complexity index is 576. The summed E-state index contributed by atoms with van der Waals surface area (Å²) in [5, 5.41) is 0.785. The SMILES string of the molecule is SC1=Nc2ccccc2Sc2ccccc21. The number of fused-ring (bicyclic) bond motifs is 2. The Morgan fingerprint density at radius 3 is 2.44 bits per heavy atom. The van der Waals surface area contributed by atoms with Gasteiger partial charge >= 0.3 is 0 Å². The molecule has 1 aliphatic heterocycles. The molecule has 16 heavy (non-hydrogen) atoms. The molecule has 1 nitrogen and oxygen atoms in total. The molecule has 0 fully saturated rings. The molecule has 0 unspecified atom stereocenters. The highest BCUT2D eigenvalue weighted by Gasteiger charge is 2.13. The lowest BCUT2D eigenvalue weighted by atomic mass is 10.2. The van der Waals surface area contributed by atoms with E-state index in [9.17, 15) is 0 Å². The van der Waals surface area contributed by atoms with Crippen LogP contribution in [-0.4, -0.2) is 5.04 Å². The molecule has 78 valence electrons. The van der Waals surface area contributed by atoms with E-state index in [4.69, 9.17) is 0 Å². The molecule has 0 saturated carbocycles. The molecule has 0 saturated heterocycles. The summed E-state index contributed by atoms with van der Waals surface area (Å²) in [6.45, 7) is 0. The Morgan fingerprint density at radius 1 is 0.875 bits per heavy atom. The van der Waals surface area contributed by atoms with Crippen LogP contribution in [0.4, 0.5) is 5.69 Å². The maximum atomic E-state index is 4.54. The van der Waals surface area contributed by atoms with Crippen LogP contribution in [0.15, 0.2) is 63.3 Å². The summed E-state index contributed by atoms with van der Waals surface area (Å²) >= 11 is 6.21. The highest BCUT2D eigenvalue weighted by atomic mass is 32.2. The maximum absolute atomic E-state index is 4.54. The van der Waals surface area contributed by atoms with Gasteiger partial charge in [0.1, 0.15) is 5.04 Å². The molecule has 2 aromatic carbocycles. The van der Waals surface area contributed by atoms with Crippen LogP contribution in [0.5, 0.6) is 0 Å². The van der Waals surface area contributed by atoms with Crippen LogP contribution >= 0.6 is 24.4 Å². The Balaban J connectivity index is 2.25. The summed E-state index contributed by atoms with van der Waals surface area (Å²) in [4.78, 5) is 6.93. The van der Waals surface area contributed by atoms with Crippen molar-refractivity contribution >= 4 is 35.1 Å². The van der Waals surface area contributed by atoms with E-state index in [0.29, 0.717) is 0 Å². The second-order valence-electron chi connectivity index (χ2n) is 3.50. The molecule has 3 rings (SSSR count). The number of para-hydroxylation sites is 1. The fraction of sp³-hybridized carbons (Fsp3) is 0. The lowest BCUT2D eigenvalue weighted by Crippen LogP contribution is -1.91. The van der Waals surface area contributed by atoms with Crippen LogP contribution in [0.25, 0.3) is 0 Å². The Morgan fingerprint density at radius 2 is 1.56 bits per heavy atom. The van der Waals surface area contributed by atoms with E-state index in [1.165, 1.54) is 9.79 Å². The third-order valence-corrected chi connectivity index (χ3v) is 3.92. The van der Waals surface area contributed by atoms with Crippen LogP contribution in [-0.2, 0) is 0 Å². The first-order valence-corrected chi connectivity index (χ1v) is 6.25. The van der Waals surface area contributed by atoms with Gasteiger partial charge in [0.2, 0.25) is 0 Å². The van der Waals surface area contributed by atoms with Crippen LogP contribution in [0.2, 0.25) is 0 Å². The van der Waals surface area contributed by atoms with Gasteiger partial charge < -0.3 is 0 Å². The van der Waals surface area contributed by atoms with Crippen molar-refractivity contribution in [2.75, 3.05) is 0 Å². The van der Waals surface area contributed by atoms with Gasteiger partial charge in [0, 0.05) is 15.4 Å². The van der Waals surface area contributed by atoms with Gasteiger partial charge in [-0.3, -0.25) is 0 Å². The number of hydrogen-bond acceptors (Lipinski definition) is 2. The average Bonchev–Trinajstić information content (AvgIpc) is 2.45. The summed E-state index contributed by atoms with van der Waals surface area (Å²) in [6, 6.07) is 16.4. The standard InChI is InChI=1S/C13H9NS2/c15-13-9-5-1-3-7-11(9)16-12-8-4-2-6-10(12)14-13/h1-8H,(H,14,15). The van der Waals surface area contributed by atoms with Crippen LogP contribution in [0.1, 0.15) is 5.56 Å². The van der Waals surface area contributed by atoms with E-state index in [2.05, 4.69) is 35.8 Å². The predicted molar refractivity (Wildman–Crippen MR) is 72.2 cm³/mol. The van der Waals surface area contributed by atoms with Crippen molar-refractivity contribution < 1.29 is 0 Å². The minimum absolute atomic E-state index is 0.785. The number of hydrogen-bond donors (Lipinski definition) is 1. The Kier molecular flexibility index (Phi) is 2.50. The van der Waals surface area contributed by atoms with Gasteiger partial charge in [0.05, 0.1) is 5.69 Å². The second kappa shape index (κ2) is 4.00. The fourth-order valence-corrected chi connectivity index (χ4v) is 3.07. The zero-order valence-electron chi connectivity index (χ0n) is 8.42. The smallest absolute Gasteiger partial charge is 0.102 e. The van der Waals surface area contributed by atoms with Crippen LogP contribution in [0, 0.1) is 0 Å². The number of nitrogens with zero attached hydrogens (tertiary/aromatic N) is 1. The summed E-state index contributed by atoms with van der Waals surface area (Å²) in [5.74, 6) is 0. The lowest BCUT2D eigenvalue weighted by Gasteiger charge is -2.03. The molecule has 0 spiro atoms. The van der Waals surface area contributed by atoms with Gasteiger partial charge in [0.25, 0.3) is 0 Å². The molecule has 0 aliphatic carbocycles. The third kappa shape index (κ3) is 1.66. The normalized spacial score (nSPS) is 13.4. The minimum Gasteiger partial charge on any atom is -0.241 e. The van der Waals surface area contributed by atoms with E-state index in [-0.39, 0.29) is 0 Å². The second-order valence-corrected chi connectivity index (χ2v) is 5.01. The molecule has 0 atom stereocenters. The lowest BCUT2D eigenvalue weighted by molar-refractivity contribution is 1.38. The monoisotopic (exact) mass is 243 g/mol. The summed E-state index contributed by atoms with van der Waals surface area (Å²) in [6.07, 6.45) is 0. The van der Waals surface area contributed by atoms with Gasteiger partial charge in [-0.1, -0.05) is 42.1 Å². The van der Waals surface area contributed by atoms with E-state index >= 15 is 0 Å². The molecular weight excluding hydrogens is 234 g/mol. The first-order valence-electron chi connectivity index (χ1n) is 4.98. The van der Waals surface area contributed by atoms with Crippen molar-refractivity contribution in [2.45, 2.75) is 9.79 Å². The zero-order valence-corrected chi connectivity index (χ0v) is 10.1. The van der Waals surface area contributed by atoms with E-state index in [1.807, 2.05) is 30.3 Å². The fourth-order valence-electron chi connectivity index (χ4n) is 1.67. The molecule has 3 heteroatoms. The highest BCUT2D eigenvalue weighted by molar-refractivity contribution is 8.00. The van der Waals surface area contributed by atoms with Gasteiger partial charge in [-0.25, -0.2) is 4.99 Å². The molecule has 0 bridgehead atoms. The number of thiol groups is 1. The first kappa shape index (κ1) is 10.00. The number of benzene rings is 2. The number of aliphatic imine (C=N–C) groups is 1. The quantitative estimate of drug-likeness (QED) is 0.685. The van der Waals surface area contributed by atoms with Gasteiger partial charge in [-0.2, -0.15) is 0 Å². The highest BCUT2D eigenvalue weighted by Crippen LogP contribution is 2.40. The molecule has 0 amide bonds. The Hall–Kier alpha value is -1.19. The molecule has 1 aliphatic rings. The maximum Gasteiger partial charge on any atom is 0.102 e. The predicted octanol–water partition coefficient (Wildman–Crippen LogP) is 4.16. The largest absolute Gasteiger partial charge is 0.241 e. The van der Waals surface area contributed by atoms with Crippen molar-refractivity contribution in [3.05, 3.63) is 54.1 Å². The summed E-state index contributed by atoms with van der Waals surface area (Å²) < 4.78 is 0.